The monoisotopic (exact) mass is 260 g/mol. The largest absolute Gasteiger partial charge is 0.468 e. The number of hydrogen-bond donors (Lipinski definition) is 2. The van der Waals surface area contributed by atoms with Crippen LogP contribution in [0.5, 0.6) is 0 Å². The summed E-state index contributed by atoms with van der Waals surface area (Å²) in [7, 11) is 1.34. The lowest BCUT2D eigenvalue weighted by molar-refractivity contribution is -0.142. The number of esters is 1. The quantitative estimate of drug-likeness (QED) is 0.723. The zero-order chi connectivity index (χ0) is 14.3. The molecule has 18 heavy (non-hydrogen) atoms. The fourth-order valence-electron chi connectivity index (χ4n) is 1.28. The van der Waals surface area contributed by atoms with E-state index >= 15 is 0 Å². The molecule has 1 amide bonds. The van der Waals surface area contributed by atoms with Crippen molar-refractivity contribution in [2.75, 3.05) is 13.7 Å². The predicted molar refractivity (Wildman–Crippen MR) is 68.3 cm³/mol. The van der Waals surface area contributed by atoms with Crippen LogP contribution in [0.15, 0.2) is 0 Å². The van der Waals surface area contributed by atoms with Gasteiger partial charge in [-0.05, 0) is 34.6 Å². The minimum Gasteiger partial charge on any atom is -0.468 e. The van der Waals surface area contributed by atoms with Gasteiger partial charge in [0.15, 0.2) is 0 Å². The first-order chi connectivity index (χ1) is 8.15. The Morgan fingerprint density at radius 3 is 2.22 bits per heavy atom. The van der Waals surface area contributed by atoms with E-state index in [4.69, 9.17) is 4.74 Å². The molecule has 0 spiro atoms. The number of alkyl carbamates (subject to hydrolysis) is 1. The van der Waals surface area contributed by atoms with E-state index in [0.29, 0.717) is 6.54 Å². The van der Waals surface area contributed by atoms with E-state index in [0.717, 1.165) is 0 Å². The van der Waals surface area contributed by atoms with Gasteiger partial charge in [-0.15, -0.1) is 0 Å². The molecule has 0 aromatic heterocycles. The summed E-state index contributed by atoms with van der Waals surface area (Å²) in [5.74, 6) is -0.334. The fraction of sp³-hybridized carbons (Fsp3) is 0.833. The molecule has 0 aliphatic carbocycles. The van der Waals surface area contributed by atoms with Crippen molar-refractivity contribution in [3.63, 3.8) is 0 Å². The van der Waals surface area contributed by atoms with Gasteiger partial charge in [0.2, 0.25) is 0 Å². The third-order valence-corrected chi connectivity index (χ3v) is 2.04. The second-order valence-corrected chi connectivity index (χ2v) is 5.20. The first-order valence-electron chi connectivity index (χ1n) is 5.96. The molecule has 1 unspecified atom stereocenters. The van der Waals surface area contributed by atoms with Gasteiger partial charge in [0.1, 0.15) is 11.6 Å². The van der Waals surface area contributed by atoms with E-state index < -0.39 is 17.7 Å². The highest BCUT2D eigenvalue weighted by molar-refractivity contribution is 5.75. The van der Waals surface area contributed by atoms with E-state index in [1.54, 1.807) is 27.7 Å². The van der Waals surface area contributed by atoms with E-state index in [-0.39, 0.29) is 12.0 Å². The Labute approximate surface area is 108 Å². The predicted octanol–water partition coefficient (Wildman–Crippen LogP) is 1.05. The average molecular weight is 260 g/mol. The van der Waals surface area contributed by atoms with Crippen LogP contribution in [0.1, 0.15) is 34.6 Å². The number of rotatable bonds is 5. The summed E-state index contributed by atoms with van der Waals surface area (Å²) >= 11 is 0. The van der Waals surface area contributed by atoms with Gasteiger partial charge < -0.3 is 20.1 Å². The lowest BCUT2D eigenvalue weighted by Crippen LogP contribution is -2.46. The molecule has 0 aromatic carbocycles. The number of nitrogens with one attached hydrogen (secondary N) is 2. The number of amides is 1. The fourth-order valence-corrected chi connectivity index (χ4v) is 1.28. The summed E-state index contributed by atoms with van der Waals surface area (Å²) < 4.78 is 9.68. The normalized spacial score (nSPS) is 14.6. The standard InChI is InChI=1S/C12H24N2O4/c1-8(14-9(2)10(15)17-6)7-13-11(16)18-12(3,4)5/h8-9,14H,7H2,1-6H3,(H,13,16)/t8?,9-/m0/s1. The highest BCUT2D eigenvalue weighted by Gasteiger charge is 2.18. The summed E-state index contributed by atoms with van der Waals surface area (Å²) in [4.78, 5) is 22.6. The molecule has 0 rings (SSSR count). The van der Waals surface area contributed by atoms with E-state index in [2.05, 4.69) is 15.4 Å². The van der Waals surface area contributed by atoms with Crippen molar-refractivity contribution in [1.82, 2.24) is 10.6 Å². The minimum atomic E-state index is -0.514. The Hall–Kier alpha value is -1.30. The van der Waals surface area contributed by atoms with E-state index in [1.165, 1.54) is 7.11 Å². The summed E-state index contributed by atoms with van der Waals surface area (Å²) in [6.07, 6.45) is -0.470. The molecule has 2 N–H and O–H groups in total. The van der Waals surface area contributed by atoms with Gasteiger partial charge in [-0.3, -0.25) is 4.79 Å². The zero-order valence-electron chi connectivity index (χ0n) is 12.0. The first kappa shape index (κ1) is 16.7. The van der Waals surface area contributed by atoms with Crippen molar-refractivity contribution in [1.29, 1.82) is 0 Å². The molecule has 0 fully saturated rings. The Kier molecular flexibility index (Phi) is 6.68. The molecule has 0 saturated heterocycles. The second-order valence-electron chi connectivity index (χ2n) is 5.20. The van der Waals surface area contributed by atoms with Crippen LogP contribution in [0.3, 0.4) is 0 Å². The molecule has 0 saturated carbocycles. The van der Waals surface area contributed by atoms with Gasteiger partial charge in [-0.2, -0.15) is 0 Å². The molecule has 106 valence electrons. The topological polar surface area (TPSA) is 76.7 Å². The number of carbonyl (C=O) groups is 2. The summed E-state index contributed by atoms with van der Waals surface area (Å²) in [5, 5.41) is 5.63. The van der Waals surface area contributed by atoms with Crippen LogP contribution >= 0.6 is 0 Å². The number of hydrogen-bond acceptors (Lipinski definition) is 5. The van der Waals surface area contributed by atoms with Gasteiger partial charge in [-0.1, -0.05) is 0 Å². The van der Waals surface area contributed by atoms with Crippen molar-refractivity contribution in [2.24, 2.45) is 0 Å². The minimum absolute atomic E-state index is 0.0633. The van der Waals surface area contributed by atoms with Crippen molar-refractivity contribution in [2.45, 2.75) is 52.3 Å². The number of methoxy groups -OCH3 is 1. The molecular weight excluding hydrogens is 236 g/mol. The molecular formula is C12H24N2O4. The smallest absolute Gasteiger partial charge is 0.407 e. The lowest BCUT2D eigenvalue weighted by atomic mass is 10.2. The van der Waals surface area contributed by atoms with Crippen molar-refractivity contribution in [3.8, 4) is 0 Å². The maximum Gasteiger partial charge on any atom is 0.407 e. The van der Waals surface area contributed by atoms with E-state index in [9.17, 15) is 9.59 Å². The van der Waals surface area contributed by atoms with Crippen LogP contribution < -0.4 is 10.6 Å². The summed E-state index contributed by atoms with van der Waals surface area (Å²) in [5.41, 5.74) is -0.514. The highest BCUT2D eigenvalue weighted by atomic mass is 16.6. The van der Waals surface area contributed by atoms with Gasteiger partial charge in [0, 0.05) is 12.6 Å². The Bertz CT molecular complexity index is 286. The van der Waals surface area contributed by atoms with Crippen molar-refractivity contribution in [3.05, 3.63) is 0 Å². The molecule has 0 radical (unpaired) electrons. The molecule has 0 aliphatic rings. The van der Waals surface area contributed by atoms with Crippen LogP contribution in [-0.4, -0.2) is 43.4 Å². The Morgan fingerprint density at radius 2 is 1.78 bits per heavy atom. The Morgan fingerprint density at radius 1 is 1.22 bits per heavy atom. The summed E-state index contributed by atoms with van der Waals surface area (Å²) in [6, 6.07) is -0.475. The maximum atomic E-state index is 11.4. The maximum absolute atomic E-state index is 11.4. The number of ether oxygens (including phenoxy) is 2. The highest BCUT2D eigenvalue weighted by Crippen LogP contribution is 2.06. The Balaban J connectivity index is 3.93. The van der Waals surface area contributed by atoms with E-state index in [1.807, 2.05) is 6.92 Å². The van der Waals surface area contributed by atoms with Crippen LogP contribution in [-0.2, 0) is 14.3 Å². The molecule has 0 heterocycles. The molecule has 0 bridgehead atoms. The molecule has 2 atom stereocenters. The summed E-state index contributed by atoms with van der Waals surface area (Å²) in [6.45, 7) is 9.33. The third-order valence-electron chi connectivity index (χ3n) is 2.04. The van der Waals surface area contributed by atoms with Crippen molar-refractivity contribution >= 4 is 12.1 Å². The third kappa shape index (κ3) is 7.89. The number of carbonyl (C=O) groups excluding carboxylic acids is 2. The van der Waals surface area contributed by atoms with Gasteiger partial charge in [-0.25, -0.2) is 4.79 Å². The first-order valence-corrected chi connectivity index (χ1v) is 5.96. The lowest BCUT2D eigenvalue weighted by Gasteiger charge is -2.22. The zero-order valence-corrected chi connectivity index (χ0v) is 12.0. The van der Waals surface area contributed by atoms with Gasteiger partial charge >= 0.3 is 12.1 Å². The molecule has 6 heteroatoms. The van der Waals surface area contributed by atoms with Gasteiger partial charge in [0.25, 0.3) is 0 Å². The van der Waals surface area contributed by atoms with Crippen LogP contribution in [0, 0.1) is 0 Å². The molecule has 0 aromatic rings. The van der Waals surface area contributed by atoms with Gasteiger partial charge in [0.05, 0.1) is 7.11 Å². The molecule has 6 nitrogen and oxygen atoms in total. The van der Waals surface area contributed by atoms with Crippen LogP contribution in [0.2, 0.25) is 0 Å². The second kappa shape index (κ2) is 7.20. The van der Waals surface area contributed by atoms with Crippen molar-refractivity contribution < 1.29 is 19.1 Å². The SMILES string of the molecule is COC(=O)[C@H](C)NC(C)CNC(=O)OC(C)(C)C. The van der Waals surface area contributed by atoms with Crippen LogP contribution in [0.4, 0.5) is 4.79 Å². The van der Waals surface area contributed by atoms with Crippen LogP contribution in [0.25, 0.3) is 0 Å². The molecule has 0 aliphatic heterocycles. The average Bonchev–Trinajstić information content (AvgIpc) is 2.22.